The van der Waals surface area contributed by atoms with Crippen molar-refractivity contribution >= 4 is 32.8 Å². The van der Waals surface area contributed by atoms with Crippen LogP contribution in [0.2, 0.25) is 0 Å². The van der Waals surface area contributed by atoms with Crippen LogP contribution in [0.5, 0.6) is 0 Å². The first-order chi connectivity index (χ1) is 8.59. The van der Waals surface area contributed by atoms with Gasteiger partial charge < -0.3 is 14.9 Å². The number of nitrogens with two attached hydrogens (primary N) is 1. The second-order valence-electron chi connectivity index (χ2n) is 4.34. The molecule has 0 fully saturated rings. The minimum atomic E-state index is 0.504. The second kappa shape index (κ2) is 3.88. The van der Waals surface area contributed by atoms with Gasteiger partial charge in [0.1, 0.15) is 4.60 Å². The van der Waals surface area contributed by atoms with E-state index in [2.05, 4.69) is 43.8 Å². The molecular weight excluding hydrogens is 292 g/mol. The number of aromatic nitrogens is 3. The van der Waals surface area contributed by atoms with Gasteiger partial charge >= 0.3 is 0 Å². The van der Waals surface area contributed by atoms with Crippen LogP contribution in [0.3, 0.4) is 0 Å². The van der Waals surface area contributed by atoms with Gasteiger partial charge in [-0.15, -0.1) is 0 Å². The van der Waals surface area contributed by atoms with Crippen LogP contribution in [0.4, 0.5) is 5.95 Å². The summed E-state index contributed by atoms with van der Waals surface area (Å²) in [6.45, 7) is 0. The first-order valence-corrected chi connectivity index (χ1v) is 6.41. The molecule has 2 aromatic heterocycles. The van der Waals surface area contributed by atoms with Crippen LogP contribution in [0.15, 0.2) is 35.1 Å². The number of imidazole rings is 1. The third-order valence-corrected chi connectivity index (χ3v) is 3.79. The van der Waals surface area contributed by atoms with E-state index >= 15 is 0 Å². The van der Waals surface area contributed by atoms with E-state index in [1.54, 1.807) is 0 Å². The summed E-state index contributed by atoms with van der Waals surface area (Å²) < 4.78 is 4.78. The van der Waals surface area contributed by atoms with Crippen LogP contribution in [0.25, 0.3) is 22.2 Å². The third kappa shape index (κ3) is 1.47. The van der Waals surface area contributed by atoms with Crippen LogP contribution >= 0.6 is 15.9 Å². The van der Waals surface area contributed by atoms with E-state index < -0.39 is 0 Å². The minimum absolute atomic E-state index is 0.504. The highest BCUT2D eigenvalue weighted by Crippen LogP contribution is 2.35. The Hall–Kier alpha value is -1.75. The molecule has 3 rings (SSSR count). The molecule has 5 heteroatoms. The lowest BCUT2D eigenvalue weighted by molar-refractivity contribution is 0.932. The first-order valence-electron chi connectivity index (χ1n) is 5.61. The highest BCUT2D eigenvalue weighted by atomic mass is 79.9. The second-order valence-corrected chi connectivity index (χ2v) is 5.09. The lowest BCUT2D eigenvalue weighted by atomic mass is 10.1. The molecule has 18 heavy (non-hydrogen) atoms. The van der Waals surface area contributed by atoms with Gasteiger partial charge in [-0.3, -0.25) is 0 Å². The number of halogens is 1. The average molecular weight is 305 g/mol. The van der Waals surface area contributed by atoms with Crippen LogP contribution in [-0.4, -0.2) is 14.1 Å². The maximum Gasteiger partial charge on any atom is 0.201 e. The first kappa shape index (κ1) is 11.3. The van der Waals surface area contributed by atoms with Gasteiger partial charge in [-0.25, -0.2) is 4.98 Å². The van der Waals surface area contributed by atoms with Gasteiger partial charge in [0.05, 0.1) is 5.69 Å². The molecule has 0 aliphatic rings. The Morgan fingerprint density at radius 3 is 2.61 bits per heavy atom. The molecule has 0 aliphatic heterocycles. The number of nitrogen functional groups attached to an aromatic ring is 1. The summed E-state index contributed by atoms with van der Waals surface area (Å²) in [6, 6.07) is 8.30. The molecule has 0 unspecified atom stereocenters. The topological polar surface area (TPSA) is 48.8 Å². The van der Waals surface area contributed by atoms with E-state index in [4.69, 9.17) is 5.73 Å². The largest absolute Gasteiger partial charge is 0.369 e. The number of aryl methyl sites for hydroxylation is 1. The molecule has 3 aromatic rings. The standard InChI is InChI=1S/C13H13BrN4/c1-17-7-9(8-5-3-4-6-10(8)17)11-12(14)16-13(15)18(11)2/h3-7H,1-2H3,(H2,15,16). The normalized spacial score (nSPS) is 11.3. The van der Waals surface area contributed by atoms with Crippen LogP contribution in [0.1, 0.15) is 0 Å². The Morgan fingerprint density at radius 1 is 1.22 bits per heavy atom. The van der Waals surface area contributed by atoms with Crippen molar-refractivity contribution in [3.8, 4) is 11.3 Å². The number of hydrogen-bond donors (Lipinski definition) is 1. The predicted molar refractivity (Wildman–Crippen MR) is 77.2 cm³/mol. The smallest absolute Gasteiger partial charge is 0.201 e. The molecule has 92 valence electrons. The predicted octanol–water partition coefficient (Wildman–Crippen LogP) is 2.92. The Bertz CT molecular complexity index is 739. The summed E-state index contributed by atoms with van der Waals surface area (Å²) in [5, 5.41) is 1.20. The van der Waals surface area contributed by atoms with Gasteiger partial charge in [0.15, 0.2) is 0 Å². The van der Waals surface area contributed by atoms with E-state index in [0.29, 0.717) is 5.95 Å². The highest BCUT2D eigenvalue weighted by Gasteiger charge is 2.17. The van der Waals surface area contributed by atoms with Crippen molar-refractivity contribution in [1.82, 2.24) is 14.1 Å². The summed E-state index contributed by atoms with van der Waals surface area (Å²) >= 11 is 3.48. The Balaban J connectivity index is 2.39. The summed E-state index contributed by atoms with van der Waals surface area (Å²) in [5.41, 5.74) is 9.17. The number of hydrogen-bond acceptors (Lipinski definition) is 2. The molecule has 0 bridgehead atoms. The van der Waals surface area contributed by atoms with Crippen molar-refractivity contribution in [2.75, 3.05) is 5.73 Å². The van der Waals surface area contributed by atoms with Crippen molar-refractivity contribution in [2.24, 2.45) is 14.1 Å². The lowest BCUT2D eigenvalue weighted by Crippen LogP contribution is -1.98. The van der Waals surface area contributed by atoms with Gasteiger partial charge in [-0.05, 0) is 22.0 Å². The average Bonchev–Trinajstić information content (AvgIpc) is 2.79. The van der Waals surface area contributed by atoms with E-state index in [1.165, 1.54) is 10.9 Å². The quantitative estimate of drug-likeness (QED) is 0.751. The SMILES string of the molecule is Cn1c(N)nc(Br)c1-c1cn(C)c2ccccc12. The lowest BCUT2D eigenvalue weighted by Gasteiger charge is -2.02. The van der Waals surface area contributed by atoms with Crippen molar-refractivity contribution < 1.29 is 0 Å². The molecular formula is C13H13BrN4. The van der Waals surface area contributed by atoms with Crippen LogP contribution in [-0.2, 0) is 14.1 Å². The molecule has 0 radical (unpaired) electrons. The van der Waals surface area contributed by atoms with Crippen molar-refractivity contribution in [3.05, 3.63) is 35.1 Å². The van der Waals surface area contributed by atoms with Gasteiger partial charge in [0.2, 0.25) is 5.95 Å². The number of anilines is 1. The Morgan fingerprint density at radius 2 is 1.94 bits per heavy atom. The minimum Gasteiger partial charge on any atom is -0.369 e. The summed E-state index contributed by atoms with van der Waals surface area (Å²) in [5.74, 6) is 0.504. The zero-order valence-corrected chi connectivity index (χ0v) is 11.8. The van der Waals surface area contributed by atoms with Crippen molar-refractivity contribution in [1.29, 1.82) is 0 Å². The van der Waals surface area contributed by atoms with Gasteiger partial charge in [0, 0.05) is 36.8 Å². The van der Waals surface area contributed by atoms with E-state index in [1.807, 2.05) is 30.8 Å². The fourth-order valence-corrected chi connectivity index (χ4v) is 2.96. The Kier molecular flexibility index (Phi) is 2.45. The monoisotopic (exact) mass is 304 g/mol. The summed E-state index contributed by atoms with van der Waals surface area (Å²) in [4.78, 5) is 4.25. The van der Waals surface area contributed by atoms with Crippen LogP contribution in [0, 0.1) is 0 Å². The Labute approximate surface area is 113 Å². The molecule has 2 N–H and O–H groups in total. The number of nitrogens with zero attached hydrogens (tertiary/aromatic N) is 3. The van der Waals surface area contributed by atoms with Crippen molar-refractivity contribution in [3.63, 3.8) is 0 Å². The fourth-order valence-electron chi connectivity index (χ4n) is 2.30. The van der Waals surface area contributed by atoms with Crippen molar-refractivity contribution in [2.45, 2.75) is 0 Å². The van der Waals surface area contributed by atoms with Gasteiger partial charge in [-0.2, -0.15) is 0 Å². The molecule has 0 saturated carbocycles. The van der Waals surface area contributed by atoms with E-state index in [9.17, 15) is 0 Å². The summed E-state index contributed by atoms with van der Waals surface area (Å²) in [7, 11) is 3.96. The van der Waals surface area contributed by atoms with Gasteiger partial charge in [0.25, 0.3) is 0 Å². The highest BCUT2D eigenvalue weighted by molar-refractivity contribution is 9.10. The summed E-state index contributed by atoms with van der Waals surface area (Å²) in [6.07, 6.45) is 2.10. The third-order valence-electron chi connectivity index (χ3n) is 3.24. The molecule has 0 atom stereocenters. The zero-order valence-electron chi connectivity index (χ0n) is 10.2. The zero-order chi connectivity index (χ0) is 12.9. The number of benzene rings is 1. The maximum atomic E-state index is 5.84. The molecule has 1 aromatic carbocycles. The molecule has 0 amide bonds. The number of fused-ring (bicyclic) bond motifs is 1. The molecule has 2 heterocycles. The molecule has 0 saturated heterocycles. The number of para-hydroxylation sites is 1. The van der Waals surface area contributed by atoms with Gasteiger partial charge in [-0.1, -0.05) is 18.2 Å². The molecule has 4 nitrogen and oxygen atoms in total. The fraction of sp³-hybridized carbons (Fsp3) is 0.154. The van der Waals surface area contributed by atoms with E-state index in [-0.39, 0.29) is 0 Å². The maximum absolute atomic E-state index is 5.84. The molecule has 0 aliphatic carbocycles. The van der Waals surface area contributed by atoms with Crippen LogP contribution < -0.4 is 5.73 Å². The van der Waals surface area contributed by atoms with E-state index in [0.717, 1.165) is 15.9 Å². The number of rotatable bonds is 1. The molecule has 0 spiro atoms.